The lowest BCUT2D eigenvalue weighted by Gasteiger charge is -2.16. The first-order valence-corrected chi connectivity index (χ1v) is 15.5. The Balaban J connectivity index is 1.41. The Kier molecular flexibility index (Phi) is 8.25. The maximum Gasteiger partial charge on any atom is 0.271 e. The zero-order valence-electron chi connectivity index (χ0n) is 23.4. The van der Waals surface area contributed by atoms with Gasteiger partial charge in [-0.2, -0.15) is 0 Å². The van der Waals surface area contributed by atoms with Gasteiger partial charge in [0.15, 0.2) is 5.17 Å². The van der Waals surface area contributed by atoms with Crippen molar-refractivity contribution in [2.75, 3.05) is 4.90 Å². The summed E-state index contributed by atoms with van der Waals surface area (Å²) in [6, 6.07) is 30.1. The number of carbonyl (C=O) groups excluding carboxylic acids is 1. The number of amidine groups is 1. The van der Waals surface area contributed by atoms with Crippen LogP contribution in [0.5, 0.6) is 0 Å². The fraction of sp³-hybridized carbons (Fsp3) is 0.143. The van der Waals surface area contributed by atoms with Crippen LogP contribution in [0.3, 0.4) is 0 Å². The predicted molar refractivity (Wildman–Crippen MR) is 179 cm³/mol. The van der Waals surface area contributed by atoms with Gasteiger partial charge in [-0.3, -0.25) is 9.69 Å². The number of hydrogen-bond donors (Lipinski definition) is 0. The summed E-state index contributed by atoms with van der Waals surface area (Å²) in [6.45, 7) is 4.83. The molecule has 0 atom stereocenters. The zero-order chi connectivity index (χ0) is 29.2. The maximum atomic E-state index is 14.0. The average Bonchev–Trinajstić information content (AvgIpc) is 3.51. The molecule has 0 bridgehead atoms. The van der Waals surface area contributed by atoms with Crippen molar-refractivity contribution in [1.82, 2.24) is 4.57 Å². The lowest BCUT2D eigenvalue weighted by Crippen LogP contribution is -2.28. The van der Waals surface area contributed by atoms with Crippen molar-refractivity contribution < 1.29 is 4.79 Å². The Labute approximate surface area is 260 Å². The van der Waals surface area contributed by atoms with Crippen molar-refractivity contribution in [2.24, 2.45) is 4.99 Å². The summed E-state index contributed by atoms with van der Waals surface area (Å²) in [5.74, 6) is -0.0919. The van der Waals surface area contributed by atoms with Crippen molar-refractivity contribution in [2.45, 2.75) is 33.2 Å². The number of amides is 1. The number of thioether (sulfide) groups is 1. The van der Waals surface area contributed by atoms with Gasteiger partial charge in [0.25, 0.3) is 5.91 Å². The van der Waals surface area contributed by atoms with Crippen LogP contribution in [0, 0.1) is 0 Å². The van der Waals surface area contributed by atoms with Gasteiger partial charge in [0.1, 0.15) is 0 Å². The van der Waals surface area contributed by atoms with E-state index in [2.05, 4.69) is 61.0 Å². The number of rotatable bonds is 7. The van der Waals surface area contributed by atoms with E-state index in [0.29, 0.717) is 26.7 Å². The highest BCUT2D eigenvalue weighted by Crippen LogP contribution is 2.39. The zero-order valence-corrected chi connectivity index (χ0v) is 25.7. The Hall–Kier alpha value is -3.77. The normalized spacial score (nSPS) is 15.4. The minimum atomic E-state index is -0.0919. The van der Waals surface area contributed by atoms with E-state index in [-0.39, 0.29) is 5.91 Å². The highest BCUT2D eigenvalue weighted by molar-refractivity contribution is 8.19. The van der Waals surface area contributed by atoms with Gasteiger partial charge in [0.05, 0.1) is 16.3 Å². The van der Waals surface area contributed by atoms with Crippen LogP contribution in [0.2, 0.25) is 10.0 Å². The Morgan fingerprint density at radius 2 is 1.55 bits per heavy atom. The number of para-hydroxylation sites is 1. The largest absolute Gasteiger partial charge is 0.342 e. The molecule has 1 saturated heterocycles. The molecule has 0 spiro atoms. The molecule has 1 fully saturated rings. The number of aliphatic imine (C=N–C) groups is 1. The lowest BCUT2D eigenvalue weighted by atomic mass is 10.1. The van der Waals surface area contributed by atoms with E-state index >= 15 is 0 Å². The lowest BCUT2D eigenvalue weighted by molar-refractivity contribution is -0.113. The summed E-state index contributed by atoms with van der Waals surface area (Å²) in [5, 5.41) is 2.93. The quantitative estimate of drug-likeness (QED) is 0.172. The second kappa shape index (κ2) is 12.2. The number of nitrogens with zero attached hydrogens (tertiary/aromatic N) is 3. The van der Waals surface area contributed by atoms with Crippen LogP contribution in [0.15, 0.2) is 107 Å². The van der Waals surface area contributed by atoms with Crippen LogP contribution in [0.25, 0.3) is 17.0 Å². The number of hydrogen-bond acceptors (Lipinski definition) is 3. The van der Waals surface area contributed by atoms with E-state index in [1.165, 1.54) is 22.9 Å². The first-order chi connectivity index (χ1) is 20.4. The van der Waals surface area contributed by atoms with Crippen molar-refractivity contribution in [3.63, 3.8) is 0 Å². The van der Waals surface area contributed by atoms with Crippen LogP contribution in [0.1, 0.15) is 36.1 Å². The number of anilines is 1. The van der Waals surface area contributed by atoms with E-state index in [4.69, 9.17) is 28.2 Å². The average molecular weight is 611 g/mol. The number of aryl methyl sites for hydroxylation is 2. The molecule has 1 aliphatic heterocycles. The van der Waals surface area contributed by atoms with Crippen LogP contribution < -0.4 is 4.90 Å². The smallest absolute Gasteiger partial charge is 0.271 e. The standard InChI is InChI=1S/C35H29Cl2N3OS/c1-3-23-9-15-28(16-10-23)38-35-40(29-17-11-24(4-2)12-18-29)34(41)33(42-35)19-26-22-39(32-8-6-5-7-30(26)32)21-25-13-14-27(36)20-31(25)37/h5-20,22H,3-4,21H2,1-2H3/b33-19-,38-35?. The van der Waals surface area contributed by atoms with Gasteiger partial charge < -0.3 is 4.57 Å². The van der Waals surface area contributed by atoms with Gasteiger partial charge >= 0.3 is 0 Å². The molecule has 6 rings (SSSR count). The molecule has 1 amide bonds. The maximum absolute atomic E-state index is 14.0. The molecule has 7 heteroatoms. The predicted octanol–water partition coefficient (Wildman–Crippen LogP) is 9.93. The Bertz CT molecular complexity index is 1840. The highest BCUT2D eigenvalue weighted by atomic mass is 35.5. The summed E-state index contributed by atoms with van der Waals surface area (Å²) in [4.78, 5) is 21.3. The van der Waals surface area contributed by atoms with Gasteiger partial charge in [-0.15, -0.1) is 0 Å². The molecular formula is C35H29Cl2N3OS. The number of halogens is 2. The minimum Gasteiger partial charge on any atom is -0.342 e. The van der Waals surface area contributed by atoms with Gasteiger partial charge in [-0.25, -0.2) is 4.99 Å². The Morgan fingerprint density at radius 1 is 0.857 bits per heavy atom. The molecule has 0 aliphatic carbocycles. The molecule has 4 aromatic carbocycles. The number of aromatic nitrogens is 1. The molecule has 0 radical (unpaired) electrons. The summed E-state index contributed by atoms with van der Waals surface area (Å²) in [6.07, 6.45) is 5.95. The molecule has 5 aromatic rings. The fourth-order valence-electron chi connectivity index (χ4n) is 5.07. The highest BCUT2D eigenvalue weighted by Gasteiger charge is 2.35. The van der Waals surface area contributed by atoms with E-state index in [9.17, 15) is 4.79 Å². The minimum absolute atomic E-state index is 0.0919. The molecule has 1 aliphatic rings. The van der Waals surface area contributed by atoms with Crippen LogP contribution in [-0.2, 0) is 24.2 Å². The van der Waals surface area contributed by atoms with Crippen molar-refractivity contribution in [1.29, 1.82) is 0 Å². The topological polar surface area (TPSA) is 37.6 Å². The molecule has 0 saturated carbocycles. The van der Waals surface area contributed by atoms with Crippen molar-refractivity contribution in [3.8, 4) is 0 Å². The molecule has 210 valence electrons. The number of benzene rings is 4. The van der Waals surface area contributed by atoms with Gasteiger partial charge in [0, 0.05) is 39.3 Å². The first-order valence-electron chi connectivity index (χ1n) is 14.0. The fourth-order valence-corrected chi connectivity index (χ4v) is 6.53. The molecule has 0 N–H and O–H groups in total. The third kappa shape index (κ3) is 5.78. The number of fused-ring (bicyclic) bond motifs is 1. The SMILES string of the molecule is CCc1ccc(N=C2S/C(=C\c3cn(Cc4ccc(Cl)cc4Cl)c4ccccc34)C(=O)N2c2ccc(CC)cc2)cc1. The van der Waals surface area contributed by atoms with Gasteiger partial charge in [-0.05, 0) is 89.8 Å². The summed E-state index contributed by atoms with van der Waals surface area (Å²) >= 11 is 14.0. The third-order valence-electron chi connectivity index (χ3n) is 7.44. The second-order valence-corrected chi connectivity index (χ2v) is 12.0. The molecule has 2 heterocycles. The Morgan fingerprint density at radius 3 is 2.24 bits per heavy atom. The third-order valence-corrected chi connectivity index (χ3v) is 9.00. The monoisotopic (exact) mass is 609 g/mol. The molecule has 1 aromatic heterocycles. The van der Waals surface area contributed by atoms with E-state index in [0.717, 1.165) is 46.2 Å². The van der Waals surface area contributed by atoms with E-state index < -0.39 is 0 Å². The summed E-state index contributed by atoms with van der Waals surface area (Å²) < 4.78 is 2.16. The van der Waals surface area contributed by atoms with Crippen LogP contribution >= 0.6 is 35.0 Å². The first kappa shape index (κ1) is 28.4. The van der Waals surface area contributed by atoms with Crippen LogP contribution in [-0.4, -0.2) is 15.6 Å². The second-order valence-electron chi connectivity index (χ2n) is 10.2. The molecule has 0 unspecified atom stereocenters. The molecular weight excluding hydrogens is 581 g/mol. The van der Waals surface area contributed by atoms with Gasteiger partial charge in [0.2, 0.25) is 0 Å². The van der Waals surface area contributed by atoms with Gasteiger partial charge in [-0.1, -0.05) is 85.6 Å². The van der Waals surface area contributed by atoms with E-state index in [1.54, 1.807) is 11.0 Å². The summed E-state index contributed by atoms with van der Waals surface area (Å²) in [7, 11) is 0. The molecule has 42 heavy (non-hydrogen) atoms. The van der Waals surface area contributed by atoms with Crippen LogP contribution in [0.4, 0.5) is 11.4 Å². The molecule has 4 nitrogen and oxygen atoms in total. The number of carbonyl (C=O) groups is 1. The summed E-state index contributed by atoms with van der Waals surface area (Å²) in [5.41, 5.74) is 7.07. The van der Waals surface area contributed by atoms with E-state index in [1.807, 2.05) is 54.6 Å². The van der Waals surface area contributed by atoms with Crippen molar-refractivity contribution in [3.05, 3.63) is 134 Å². The van der Waals surface area contributed by atoms with Crippen molar-refractivity contribution >= 4 is 74.4 Å².